The molecule has 3 heteroatoms. The highest BCUT2D eigenvalue weighted by molar-refractivity contribution is 4.86. The Labute approximate surface area is 106 Å². The predicted molar refractivity (Wildman–Crippen MR) is 71.2 cm³/mol. The lowest BCUT2D eigenvalue weighted by Crippen LogP contribution is -2.43. The van der Waals surface area contributed by atoms with Gasteiger partial charge in [0.05, 0.1) is 13.2 Å². The lowest BCUT2D eigenvalue weighted by Gasteiger charge is -2.28. The van der Waals surface area contributed by atoms with Gasteiger partial charge in [0.15, 0.2) is 0 Å². The molecule has 0 spiro atoms. The fraction of sp³-hybridized carbons (Fsp3) is 1.00. The van der Waals surface area contributed by atoms with Crippen molar-refractivity contribution in [1.82, 2.24) is 10.2 Å². The van der Waals surface area contributed by atoms with E-state index >= 15 is 0 Å². The lowest BCUT2D eigenvalue weighted by atomic mass is 9.93. The van der Waals surface area contributed by atoms with Crippen molar-refractivity contribution in [2.45, 2.75) is 39.2 Å². The van der Waals surface area contributed by atoms with Gasteiger partial charge in [-0.05, 0) is 24.7 Å². The molecular formula is C14H28N2O. The van der Waals surface area contributed by atoms with Crippen LogP contribution in [0.3, 0.4) is 0 Å². The molecule has 2 aliphatic rings. The molecule has 0 radical (unpaired) electrons. The van der Waals surface area contributed by atoms with Crippen molar-refractivity contribution >= 4 is 0 Å². The van der Waals surface area contributed by atoms with E-state index in [2.05, 4.69) is 24.1 Å². The molecule has 2 rings (SSSR count). The average Bonchev–Trinajstić information content (AvgIpc) is 2.72. The van der Waals surface area contributed by atoms with Gasteiger partial charge in [0, 0.05) is 32.2 Å². The van der Waals surface area contributed by atoms with Crippen LogP contribution in [0.1, 0.15) is 33.1 Å². The van der Waals surface area contributed by atoms with Crippen LogP contribution in [0, 0.1) is 11.8 Å². The molecule has 17 heavy (non-hydrogen) atoms. The summed E-state index contributed by atoms with van der Waals surface area (Å²) in [6.45, 7) is 11.1. The monoisotopic (exact) mass is 240 g/mol. The van der Waals surface area contributed by atoms with Crippen LogP contribution in [0.4, 0.5) is 0 Å². The van der Waals surface area contributed by atoms with Crippen LogP contribution in [0.5, 0.6) is 0 Å². The van der Waals surface area contributed by atoms with Gasteiger partial charge in [0.25, 0.3) is 0 Å². The smallest absolute Gasteiger partial charge is 0.0594 e. The summed E-state index contributed by atoms with van der Waals surface area (Å²) < 4.78 is 5.36. The zero-order chi connectivity index (χ0) is 12.1. The third-order valence-corrected chi connectivity index (χ3v) is 4.69. The summed E-state index contributed by atoms with van der Waals surface area (Å²) in [5.74, 6) is 1.82. The molecule has 1 aliphatic carbocycles. The Morgan fingerprint density at radius 2 is 2.00 bits per heavy atom. The van der Waals surface area contributed by atoms with Crippen LogP contribution >= 0.6 is 0 Å². The van der Waals surface area contributed by atoms with Crippen molar-refractivity contribution < 1.29 is 4.74 Å². The maximum absolute atomic E-state index is 5.36. The van der Waals surface area contributed by atoms with E-state index in [0.717, 1.165) is 50.7 Å². The maximum atomic E-state index is 5.36. The van der Waals surface area contributed by atoms with Gasteiger partial charge in [0.2, 0.25) is 0 Å². The van der Waals surface area contributed by atoms with Gasteiger partial charge in [-0.15, -0.1) is 0 Å². The van der Waals surface area contributed by atoms with Crippen molar-refractivity contribution in [2.24, 2.45) is 11.8 Å². The SMILES string of the molecule is CCC1CCC(NCCN2CCOCC2)C1C. The molecule has 3 atom stereocenters. The van der Waals surface area contributed by atoms with E-state index in [9.17, 15) is 0 Å². The molecule has 100 valence electrons. The molecule has 1 N–H and O–H groups in total. The molecule has 3 nitrogen and oxygen atoms in total. The third kappa shape index (κ3) is 3.67. The second-order valence-electron chi connectivity index (χ2n) is 5.62. The number of ether oxygens (including phenoxy) is 1. The van der Waals surface area contributed by atoms with Gasteiger partial charge < -0.3 is 10.1 Å². The summed E-state index contributed by atoms with van der Waals surface area (Å²) in [5, 5.41) is 3.76. The van der Waals surface area contributed by atoms with Crippen molar-refractivity contribution in [3.05, 3.63) is 0 Å². The molecule has 2 fully saturated rings. The first kappa shape index (κ1) is 13.3. The number of hydrogen-bond donors (Lipinski definition) is 1. The predicted octanol–water partition coefficient (Wildman–Crippen LogP) is 1.73. The number of hydrogen-bond acceptors (Lipinski definition) is 3. The summed E-state index contributed by atoms with van der Waals surface area (Å²) in [6.07, 6.45) is 4.15. The van der Waals surface area contributed by atoms with Crippen molar-refractivity contribution in [3.63, 3.8) is 0 Å². The molecule has 0 aromatic heterocycles. The molecule has 1 heterocycles. The fourth-order valence-corrected chi connectivity index (χ4v) is 3.34. The van der Waals surface area contributed by atoms with Crippen LogP contribution in [-0.2, 0) is 4.74 Å². The minimum Gasteiger partial charge on any atom is -0.379 e. The molecule has 1 saturated carbocycles. The minimum atomic E-state index is 0.765. The summed E-state index contributed by atoms with van der Waals surface area (Å²) in [4.78, 5) is 2.51. The first-order valence-electron chi connectivity index (χ1n) is 7.34. The Hall–Kier alpha value is -0.120. The lowest BCUT2D eigenvalue weighted by molar-refractivity contribution is 0.0379. The molecular weight excluding hydrogens is 212 g/mol. The second-order valence-corrected chi connectivity index (χ2v) is 5.62. The summed E-state index contributed by atoms with van der Waals surface area (Å²) >= 11 is 0. The summed E-state index contributed by atoms with van der Waals surface area (Å²) in [5.41, 5.74) is 0. The Balaban J connectivity index is 1.61. The van der Waals surface area contributed by atoms with Gasteiger partial charge in [-0.3, -0.25) is 4.90 Å². The van der Waals surface area contributed by atoms with E-state index in [0.29, 0.717) is 0 Å². The van der Waals surface area contributed by atoms with Crippen LogP contribution < -0.4 is 5.32 Å². The topological polar surface area (TPSA) is 24.5 Å². The molecule has 0 aromatic carbocycles. The first-order valence-corrected chi connectivity index (χ1v) is 7.34. The van der Waals surface area contributed by atoms with Crippen LogP contribution in [0.15, 0.2) is 0 Å². The molecule has 1 saturated heterocycles. The van der Waals surface area contributed by atoms with E-state index in [1.807, 2.05) is 0 Å². The van der Waals surface area contributed by atoms with Gasteiger partial charge in [-0.1, -0.05) is 20.3 Å². The Morgan fingerprint density at radius 1 is 1.24 bits per heavy atom. The molecule has 1 aliphatic heterocycles. The largest absolute Gasteiger partial charge is 0.379 e. The highest BCUT2D eigenvalue weighted by atomic mass is 16.5. The fourth-order valence-electron chi connectivity index (χ4n) is 3.34. The zero-order valence-electron chi connectivity index (χ0n) is 11.5. The molecule has 3 unspecified atom stereocenters. The van der Waals surface area contributed by atoms with Crippen molar-refractivity contribution in [2.75, 3.05) is 39.4 Å². The second kappa shape index (κ2) is 6.72. The van der Waals surface area contributed by atoms with Gasteiger partial charge in [-0.2, -0.15) is 0 Å². The van der Waals surface area contributed by atoms with Gasteiger partial charge >= 0.3 is 0 Å². The number of nitrogens with zero attached hydrogens (tertiary/aromatic N) is 1. The summed E-state index contributed by atoms with van der Waals surface area (Å²) in [6, 6.07) is 0.765. The standard InChI is InChI=1S/C14H28N2O/c1-3-13-4-5-14(12(13)2)15-6-7-16-8-10-17-11-9-16/h12-15H,3-11H2,1-2H3. The van der Waals surface area contributed by atoms with E-state index in [1.165, 1.54) is 25.8 Å². The van der Waals surface area contributed by atoms with Crippen molar-refractivity contribution in [3.8, 4) is 0 Å². The Bertz CT molecular complexity index is 216. The third-order valence-electron chi connectivity index (χ3n) is 4.69. The quantitative estimate of drug-likeness (QED) is 0.792. The van der Waals surface area contributed by atoms with Gasteiger partial charge in [0.1, 0.15) is 0 Å². The van der Waals surface area contributed by atoms with Crippen LogP contribution in [0.25, 0.3) is 0 Å². The average molecular weight is 240 g/mol. The molecule has 0 bridgehead atoms. The summed E-state index contributed by atoms with van der Waals surface area (Å²) in [7, 11) is 0. The van der Waals surface area contributed by atoms with E-state index in [1.54, 1.807) is 0 Å². The number of nitrogens with one attached hydrogen (secondary N) is 1. The van der Waals surface area contributed by atoms with Crippen molar-refractivity contribution in [1.29, 1.82) is 0 Å². The van der Waals surface area contributed by atoms with Gasteiger partial charge in [-0.25, -0.2) is 0 Å². The number of morpholine rings is 1. The Morgan fingerprint density at radius 3 is 2.65 bits per heavy atom. The van der Waals surface area contributed by atoms with E-state index in [4.69, 9.17) is 4.74 Å². The first-order chi connectivity index (χ1) is 8.31. The minimum absolute atomic E-state index is 0.765. The highest BCUT2D eigenvalue weighted by Gasteiger charge is 2.30. The van der Waals surface area contributed by atoms with E-state index in [-0.39, 0.29) is 0 Å². The normalized spacial score (nSPS) is 35.3. The molecule has 0 amide bonds. The Kier molecular flexibility index (Phi) is 5.26. The maximum Gasteiger partial charge on any atom is 0.0594 e. The highest BCUT2D eigenvalue weighted by Crippen LogP contribution is 2.33. The molecule has 0 aromatic rings. The zero-order valence-corrected chi connectivity index (χ0v) is 11.5. The van der Waals surface area contributed by atoms with E-state index < -0.39 is 0 Å². The van der Waals surface area contributed by atoms with Crippen LogP contribution in [0.2, 0.25) is 0 Å². The van der Waals surface area contributed by atoms with Crippen LogP contribution in [-0.4, -0.2) is 50.3 Å². The number of rotatable bonds is 5.